The van der Waals surface area contributed by atoms with Crippen molar-refractivity contribution >= 4 is 17.6 Å². The second-order valence-corrected chi connectivity index (χ2v) is 4.86. The Balaban J connectivity index is 2.03. The van der Waals surface area contributed by atoms with Gasteiger partial charge < -0.3 is 4.74 Å². The zero-order chi connectivity index (χ0) is 15.4. The van der Waals surface area contributed by atoms with Gasteiger partial charge in [-0.05, 0) is 19.2 Å². The van der Waals surface area contributed by atoms with E-state index in [1.54, 1.807) is 24.1 Å². The molecule has 1 aromatic carbocycles. The Labute approximate surface area is 126 Å². The summed E-state index contributed by atoms with van der Waals surface area (Å²) in [7, 11) is 3.04. The highest BCUT2D eigenvalue weighted by molar-refractivity contribution is 6.31. The number of hydrogen-bond donors (Lipinski definition) is 0. The lowest BCUT2D eigenvalue weighted by atomic mass is 10.2. The molecule has 1 aromatic heterocycles. The van der Waals surface area contributed by atoms with Crippen LogP contribution in [0.1, 0.15) is 16.2 Å². The van der Waals surface area contributed by atoms with Crippen molar-refractivity contribution in [1.82, 2.24) is 19.7 Å². The van der Waals surface area contributed by atoms with E-state index in [0.717, 1.165) is 0 Å². The van der Waals surface area contributed by atoms with Gasteiger partial charge in [-0.25, -0.2) is 18.9 Å². The molecule has 1 heterocycles. The molecule has 0 fully saturated rings. The van der Waals surface area contributed by atoms with Crippen LogP contribution in [0, 0.1) is 5.82 Å². The molecule has 2 aromatic rings. The van der Waals surface area contributed by atoms with Gasteiger partial charge in [-0.2, -0.15) is 0 Å². The summed E-state index contributed by atoms with van der Waals surface area (Å²) >= 11 is 5.98. The van der Waals surface area contributed by atoms with E-state index < -0.39 is 5.97 Å². The first-order valence-electron chi connectivity index (χ1n) is 6.10. The number of nitrogens with zero attached hydrogens (tertiary/aromatic N) is 4. The molecule has 0 bridgehead atoms. The van der Waals surface area contributed by atoms with Gasteiger partial charge in [0, 0.05) is 17.1 Å². The summed E-state index contributed by atoms with van der Waals surface area (Å²) in [5.74, 6) is -0.980. The van der Waals surface area contributed by atoms with Crippen molar-refractivity contribution in [3.05, 3.63) is 46.8 Å². The summed E-state index contributed by atoms with van der Waals surface area (Å²) < 4.78 is 19.7. The fourth-order valence-corrected chi connectivity index (χ4v) is 2.02. The molecule has 0 amide bonds. The third-order valence-corrected chi connectivity index (χ3v) is 3.13. The highest BCUT2D eigenvalue weighted by Gasteiger charge is 2.13. The molecule has 8 heteroatoms. The fraction of sp³-hybridized carbons (Fsp3) is 0.308. The normalized spacial score (nSPS) is 10.9. The Morgan fingerprint density at radius 3 is 2.95 bits per heavy atom. The largest absolute Gasteiger partial charge is 0.463 e. The van der Waals surface area contributed by atoms with Crippen molar-refractivity contribution in [2.24, 2.45) is 0 Å². The number of rotatable bonds is 5. The van der Waals surface area contributed by atoms with E-state index in [2.05, 4.69) is 14.8 Å². The summed E-state index contributed by atoms with van der Waals surface area (Å²) in [6.07, 6.45) is 1.41. The number of ether oxygens (including phenoxy) is 1. The van der Waals surface area contributed by atoms with Gasteiger partial charge in [0.1, 0.15) is 12.1 Å². The predicted molar refractivity (Wildman–Crippen MR) is 74.2 cm³/mol. The second kappa shape index (κ2) is 6.64. The molecule has 2 rings (SSSR count). The van der Waals surface area contributed by atoms with E-state index in [-0.39, 0.29) is 11.6 Å². The Kier molecular flexibility index (Phi) is 4.87. The van der Waals surface area contributed by atoms with Crippen LogP contribution in [-0.4, -0.2) is 39.8 Å². The maximum Gasteiger partial charge on any atom is 0.377 e. The highest BCUT2D eigenvalue weighted by atomic mass is 35.5. The van der Waals surface area contributed by atoms with Gasteiger partial charge in [-0.3, -0.25) is 4.90 Å². The Morgan fingerprint density at radius 1 is 1.52 bits per heavy atom. The van der Waals surface area contributed by atoms with E-state index in [1.165, 1.54) is 24.2 Å². The lowest BCUT2D eigenvalue weighted by molar-refractivity contribution is 0.0585. The number of carbonyl (C=O) groups excluding carboxylic acids is 1. The molecule has 21 heavy (non-hydrogen) atoms. The lowest BCUT2D eigenvalue weighted by Crippen LogP contribution is -2.23. The third-order valence-electron chi connectivity index (χ3n) is 2.78. The molecule has 0 aliphatic heterocycles. The number of aromatic nitrogens is 3. The van der Waals surface area contributed by atoms with Crippen LogP contribution < -0.4 is 0 Å². The number of esters is 1. The van der Waals surface area contributed by atoms with Crippen molar-refractivity contribution in [3.63, 3.8) is 0 Å². The van der Waals surface area contributed by atoms with Crippen LogP contribution in [0.3, 0.4) is 0 Å². The standard InChI is InChI=1S/C13H14ClFN4O2/c1-18(6-9-10(14)4-3-5-11(9)15)8-19-7-16-12(17-19)13(20)21-2/h3-5,7H,6,8H2,1-2H3. The molecule has 0 aliphatic rings. The van der Waals surface area contributed by atoms with Crippen LogP contribution in [0.25, 0.3) is 0 Å². The van der Waals surface area contributed by atoms with E-state index in [0.29, 0.717) is 23.8 Å². The monoisotopic (exact) mass is 312 g/mol. The van der Waals surface area contributed by atoms with Crippen LogP contribution in [0.2, 0.25) is 5.02 Å². The highest BCUT2D eigenvalue weighted by Crippen LogP contribution is 2.20. The molecular formula is C13H14ClFN4O2. The van der Waals surface area contributed by atoms with Crippen molar-refractivity contribution in [2.45, 2.75) is 13.2 Å². The zero-order valence-corrected chi connectivity index (χ0v) is 12.3. The molecule has 0 N–H and O–H groups in total. The summed E-state index contributed by atoms with van der Waals surface area (Å²) in [5, 5.41) is 4.34. The molecule has 112 valence electrons. The first-order chi connectivity index (χ1) is 10.0. The first-order valence-corrected chi connectivity index (χ1v) is 6.48. The average molecular weight is 313 g/mol. The predicted octanol–water partition coefficient (Wildman–Crippen LogP) is 1.95. The Hall–Kier alpha value is -1.99. The van der Waals surface area contributed by atoms with E-state index in [9.17, 15) is 9.18 Å². The number of carbonyl (C=O) groups is 1. The summed E-state index contributed by atoms with van der Waals surface area (Å²) in [6, 6.07) is 4.56. The minimum absolute atomic E-state index is 0.0187. The number of hydrogen-bond acceptors (Lipinski definition) is 5. The second-order valence-electron chi connectivity index (χ2n) is 4.46. The van der Waals surface area contributed by atoms with Gasteiger partial charge in [0.15, 0.2) is 0 Å². The number of benzene rings is 1. The molecule has 0 aliphatic carbocycles. The summed E-state index contributed by atoms with van der Waals surface area (Å²) in [5.41, 5.74) is 0.412. The van der Waals surface area contributed by atoms with Gasteiger partial charge in [0.05, 0.1) is 13.8 Å². The minimum Gasteiger partial charge on any atom is -0.463 e. The topological polar surface area (TPSA) is 60.2 Å². The minimum atomic E-state index is -0.603. The van der Waals surface area contributed by atoms with Crippen LogP contribution in [0.15, 0.2) is 24.5 Å². The SMILES string of the molecule is COC(=O)c1ncn(CN(C)Cc2c(F)cccc2Cl)n1. The summed E-state index contributed by atoms with van der Waals surface area (Å²) in [4.78, 5) is 16.9. The van der Waals surface area contributed by atoms with Gasteiger partial charge >= 0.3 is 5.97 Å². The zero-order valence-electron chi connectivity index (χ0n) is 11.6. The fourth-order valence-electron chi connectivity index (χ4n) is 1.80. The van der Waals surface area contributed by atoms with Crippen molar-refractivity contribution < 1.29 is 13.9 Å². The molecule has 0 unspecified atom stereocenters. The Morgan fingerprint density at radius 2 is 2.29 bits per heavy atom. The van der Waals surface area contributed by atoms with Crippen molar-refractivity contribution in [2.75, 3.05) is 14.2 Å². The van der Waals surface area contributed by atoms with Gasteiger partial charge in [0.25, 0.3) is 5.82 Å². The van der Waals surface area contributed by atoms with Gasteiger partial charge in [-0.1, -0.05) is 17.7 Å². The number of methoxy groups -OCH3 is 1. The van der Waals surface area contributed by atoms with E-state index in [1.807, 2.05) is 0 Å². The van der Waals surface area contributed by atoms with Crippen LogP contribution >= 0.6 is 11.6 Å². The van der Waals surface area contributed by atoms with Crippen LogP contribution in [-0.2, 0) is 18.0 Å². The van der Waals surface area contributed by atoms with Crippen LogP contribution in [0.5, 0.6) is 0 Å². The lowest BCUT2D eigenvalue weighted by Gasteiger charge is -2.17. The van der Waals surface area contributed by atoms with Crippen molar-refractivity contribution in [3.8, 4) is 0 Å². The Bertz CT molecular complexity index is 627. The number of halogens is 2. The molecule has 0 atom stereocenters. The summed E-state index contributed by atoms with van der Waals surface area (Å²) in [6.45, 7) is 0.633. The van der Waals surface area contributed by atoms with E-state index >= 15 is 0 Å². The van der Waals surface area contributed by atoms with E-state index in [4.69, 9.17) is 11.6 Å². The smallest absolute Gasteiger partial charge is 0.377 e. The maximum atomic E-state index is 13.7. The first kappa shape index (κ1) is 15.4. The van der Waals surface area contributed by atoms with Gasteiger partial charge in [0.2, 0.25) is 0 Å². The molecule has 0 radical (unpaired) electrons. The third kappa shape index (κ3) is 3.77. The van der Waals surface area contributed by atoms with Gasteiger partial charge in [-0.15, -0.1) is 5.10 Å². The molecular weight excluding hydrogens is 299 g/mol. The van der Waals surface area contributed by atoms with Crippen LogP contribution in [0.4, 0.5) is 4.39 Å². The molecule has 0 spiro atoms. The molecule has 0 saturated carbocycles. The quantitative estimate of drug-likeness (QED) is 0.790. The molecule has 0 saturated heterocycles. The maximum absolute atomic E-state index is 13.7. The van der Waals surface area contributed by atoms with Crippen molar-refractivity contribution in [1.29, 1.82) is 0 Å². The molecule has 6 nitrogen and oxygen atoms in total. The average Bonchev–Trinajstić information content (AvgIpc) is 2.90.